The molecule has 126 valence electrons. The number of anilines is 1. The number of nitrogens with zero attached hydrogens (tertiary/aromatic N) is 3. The summed E-state index contributed by atoms with van der Waals surface area (Å²) in [5.74, 6) is 0.622. The number of hydrogen-bond acceptors (Lipinski definition) is 4. The molecule has 2 aromatic rings. The number of nitrogens with one attached hydrogen (secondary N) is 1. The van der Waals surface area contributed by atoms with Crippen LogP contribution in [0.5, 0.6) is 0 Å². The van der Waals surface area contributed by atoms with Crippen LogP contribution in [0.25, 0.3) is 0 Å². The minimum Gasteiger partial charge on any atom is -0.351 e. The van der Waals surface area contributed by atoms with E-state index in [0.717, 1.165) is 19.4 Å². The Morgan fingerprint density at radius 2 is 1.92 bits per heavy atom. The predicted molar refractivity (Wildman–Crippen MR) is 95.6 cm³/mol. The highest BCUT2D eigenvalue weighted by Crippen LogP contribution is 2.24. The van der Waals surface area contributed by atoms with Gasteiger partial charge in [-0.2, -0.15) is 0 Å². The molecule has 0 bridgehead atoms. The molecule has 0 aliphatic carbocycles. The molecular formula is C17H18Cl2N4O. The van der Waals surface area contributed by atoms with E-state index in [1.165, 1.54) is 0 Å². The Balaban J connectivity index is 1.60. The van der Waals surface area contributed by atoms with E-state index in [0.29, 0.717) is 28.1 Å². The molecule has 7 heteroatoms. The van der Waals surface area contributed by atoms with Gasteiger partial charge in [0.05, 0.1) is 6.42 Å². The summed E-state index contributed by atoms with van der Waals surface area (Å²) >= 11 is 12.3. The maximum Gasteiger partial charge on any atom is 0.225 e. The first kappa shape index (κ1) is 17.0. The van der Waals surface area contributed by atoms with Gasteiger partial charge in [-0.3, -0.25) is 4.79 Å². The zero-order valence-corrected chi connectivity index (χ0v) is 14.6. The van der Waals surface area contributed by atoms with Crippen LogP contribution in [0, 0.1) is 0 Å². The summed E-state index contributed by atoms with van der Waals surface area (Å²) < 4.78 is 0. The van der Waals surface area contributed by atoms with E-state index in [1.807, 2.05) is 0 Å². The summed E-state index contributed by atoms with van der Waals surface area (Å²) in [5.41, 5.74) is 0.664. The first-order valence-corrected chi connectivity index (χ1v) is 8.63. The molecule has 3 rings (SSSR count). The topological polar surface area (TPSA) is 58.1 Å². The van der Waals surface area contributed by atoms with Crippen LogP contribution >= 0.6 is 23.2 Å². The molecule has 5 nitrogen and oxygen atoms in total. The number of piperidine rings is 1. The minimum atomic E-state index is -0.0779. The maximum atomic E-state index is 12.4. The number of aromatic nitrogens is 2. The molecule has 1 unspecified atom stereocenters. The zero-order chi connectivity index (χ0) is 16.9. The number of carbonyl (C=O) groups excluding carboxylic acids is 1. The van der Waals surface area contributed by atoms with Gasteiger partial charge in [-0.25, -0.2) is 9.97 Å². The normalized spacial score (nSPS) is 17.6. The molecule has 24 heavy (non-hydrogen) atoms. The zero-order valence-electron chi connectivity index (χ0n) is 13.1. The van der Waals surface area contributed by atoms with Crippen LogP contribution in [0.1, 0.15) is 18.4 Å². The number of amides is 1. The molecule has 2 heterocycles. The Kier molecular flexibility index (Phi) is 5.53. The molecule has 1 N–H and O–H groups in total. The van der Waals surface area contributed by atoms with Gasteiger partial charge >= 0.3 is 0 Å². The fraction of sp³-hybridized carbons (Fsp3) is 0.353. The van der Waals surface area contributed by atoms with Crippen molar-refractivity contribution in [2.24, 2.45) is 0 Å². The molecule has 1 aliphatic heterocycles. The third-order valence-electron chi connectivity index (χ3n) is 4.02. The van der Waals surface area contributed by atoms with Crippen molar-refractivity contribution < 1.29 is 4.79 Å². The van der Waals surface area contributed by atoms with Crippen LogP contribution in [0.4, 0.5) is 5.95 Å². The molecule has 1 atom stereocenters. The Bertz CT molecular complexity index is 691. The lowest BCUT2D eigenvalue weighted by Gasteiger charge is -2.33. The lowest BCUT2D eigenvalue weighted by molar-refractivity contribution is -0.121. The monoisotopic (exact) mass is 364 g/mol. The smallest absolute Gasteiger partial charge is 0.225 e. The van der Waals surface area contributed by atoms with Crippen LogP contribution in [0.3, 0.4) is 0 Å². The molecule has 1 amide bonds. The Morgan fingerprint density at radius 1 is 1.21 bits per heavy atom. The Morgan fingerprint density at radius 3 is 2.62 bits per heavy atom. The van der Waals surface area contributed by atoms with Crippen molar-refractivity contribution in [3.8, 4) is 0 Å². The lowest BCUT2D eigenvalue weighted by Crippen LogP contribution is -2.48. The highest BCUT2D eigenvalue weighted by molar-refractivity contribution is 6.36. The summed E-state index contributed by atoms with van der Waals surface area (Å²) in [6, 6.07) is 7.11. The number of carbonyl (C=O) groups is 1. The number of halogens is 2. The first-order valence-electron chi connectivity index (χ1n) is 7.87. The van der Waals surface area contributed by atoms with Crippen molar-refractivity contribution >= 4 is 35.1 Å². The van der Waals surface area contributed by atoms with Crippen LogP contribution in [0.15, 0.2) is 36.7 Å². The molecule has 1 aliphatic rings. The molecule has 1 fully saturated rings. The van der Waals surface area contributed by atoms with Crippen LogP contribution in [-0.4, -0.2) is 35.0 Å². The van der Waals surface area contributed by atoms with Gasteiger partial charge in [0.15, 0.2) is 0 Å². The van der Waals surface area contributed by atoms with Crippen molar-refractivity contribution in [2.75, 3.05) is 18.0 Å². The minimum absolute atomic E-state index is 0.0660. The van der Waals surface area contributed by atoms with Gasteiger partial charge in [0.1, 0.15) is 0 Å². The van der Waals surface area contributed by atoms with Crippen LogP contribution < -0.4 is 10.2 Å². The van der Waals surface area contributed by atoms with Gasteiger partial charge in [0.2, 0.25) is 11.9 Å². The SMILES string of the molecule is O=C(Cc1c(Cl)cccc1Cl)NC1CCCN(c2ncccn2)C1. The van der Waals surface area contributed by atoms with Gasteiger partial charge < -0.3 is 10.2 Å². The van der Waals surface area contributed by atoms with Gasteiger partial charge in [0.25, 0.3) is 0 Å². The fourth-order valence-corrected chi connectivity index (χ4v) is 3.40. The average Bonchev–Trinajstić information content (AvgIpc) is 2.59. The molecule has 0 spiro atoms. The van der Waals surface area contributed by atoms with E-state index in [2.05, 4.69) is 20.2 Å². The standard InChI is InChI=1S/C17H18Cl2N4O/c18-14-5-1-6-15(19)13(14)10-16(24)22-12-4-2-9-23(11-12)17-20-7-3-8-21-17/h1,3,5-8,12H,2,4,9-11H2,(H,22,24). The van der Waals surface area contributed by atoms with E-state index >= 15 is 0 Å². The molecule has 1 aromatic carbocycles. The Hall–Kier alpha value is -1.85. The summed E-state index contributed by atoms with van der Waals surface area (Å²) in [5, 5.41) is 4.10. The summed E-state index contributed by atoms with van der Waals surface area (Å²) in [7, 11) is 0. The number of hydrogen-bond donors (Lipinski definition) is 1. The third-order valence-corrected chi connectivity index (χ3v) is 4.73. The van der Waals surface area contributed by atoms with E-state index < -0.39 is 0 Å². The molecule has 0 saturated carbocycles. The van der Waals surface area contributed by atoms with Crippen molar-refractivity contribution in [3.63, 3.8) is 0 Å². The van der Waals surface area contributed by atoms with Crippen molar-refractivity contribution in [1.82, 2.24) is 15.3 Å². The van der Waals surface area contributed by atoms with E-state index in [-0.39, 0.29) is 18.4 Å². The van der Waals surface area contributed by atoms with Crippen LogP contribution in [-0.2, 0) is 11.2 Å². The molecule has 0 radical (unpaired) electrons. The van der Waals surface area contributed by atoms with Crippen molar-refractivity contribution in [1.29, 1.82) is 0 Å². The van der Waals surface area contributed by atoms with Crippen molar-refractivity contribution in [3.05, 3.63) is 52.3 Å². The summed E-state index contributed by atoms with van der Waals surface area (Å²) in [6.45, 7) is 1.60. The second-order valence-electron chi connectivity index (χ2n) is 5.78. The maximum absolute atomic E-state index is 12.4. The molecular weight excluding hydrogens is 347 g/mol. The van der Waals surface area contributed by atoms with Gasteiger partial charge in [-0.05, 0) is 36.6 Å². The van der Waals surface area contributed by atoms with Crippen molar-refractivity contribution in [2.45, 2.75) is 25.3 Å². The lowest BCUT2D eigenvalue weighted by atomic mass is 10.1. The largest absolute Gasteiger partial charge is 0.351 e. The number of benzene rings is 1. The van der Waals surface area contributed by atoms with Gasteiger partial charge in [0, 0.05) is 41.6 Å². The second-order valence-corrected chi connectivity index (χ2v) is 6.59. The van der Waals surface area contributed by atoms with Gasteiger partial charge in [-0.15, -0.1) is 0 Å². The van der Waals surface area contributed by atoms with Gasteiger partial charge in [-0.1, -0.05) is 29.3 Å². The van der Waals surface area contributed by atoms with Crippen LogP contribution in [0.2, 0.25) is 10.0 Å². The fourth-order valence-electron chi connectivity index (χ4n) is 2.87. The highest BCUT2D eigenvalue weighted by Gasteiger charge is 2.23. The van der Waals surface area contributed by atoms with E-state index in [4.69, 9.17) is 23.2 Å². The average molecular weight is 365 g/mol. The summed E-state index contributed by atoms with van der Waals surface area (Å²) in [4.78, 5) is 23.0. The predicted octanol–water partition coefficient (Wildman–Crippen LogP) is 3.11. The second kappa shape index (κ2) is 7.81. The third kappa shape index (κ3) is 4.16. The van der Waals surface area contributed by atoms with E-state index in [1.54, 1.807) is 36.7 Å². The first-order chi connectivity index (χ1) is 11.6. The number of rotatable bonds is 4. The quantitative estimate of drug-likeness (QED) is 0.905. The molecule has 1 saturated heterocycles. The summed E-state index contributed by atoms with van der Waals surface area (Å²) in [6.07, 6.45) is 5.55. The highest BCUT2D eigenvalue weighted by atomic mass is 35.5. The Labute approximate surface area is 151 Å². The molecule has 1 aromatic heterocycles. The van der Waals surface area contributed by atoms with E-state index in [9.17, 15) is 4.79 Å².